The molecule has 0 atom stereocenters. The minimum absolute atomic E-state index is 0.148. The van der Waals surface area contributed by atoms with E-state index in [9.17, 15) is 4.39 Å². The molecule has 1 aliphatic heterocycles. The SMILES string of the molecule is Cc1c(-c2csc(N3CCOCC3)n2)ccc(Cl)c1F. The second-order valence-corrected chi connectivity index (χ2v) is 5.89. The third-order valence-electron chi connectivity index (χ3n) is 3.39. The summed E-state index contributed by atoms with van der Waals surface area (Å²) in [5.74, 6) is -0.370. The van der Waals surface area contributed by atoms with Crippen molar-refractivity contribution >= 4 is 28.1 Å². The van der Waals surface area contributed by atoms with E-state index in [0.717, 1.165) is 42.7 Å². The summed E-state index contributed by atoms with van der Waals surface area (Å²) in [6.45, 7) is 4.87. The van der Waals surface area contributed by atoms with Crippen LogP contribution in [0.4, 0.5) is 9.52 Å². The molecule has 3 nitrogen and oxygen atoms in total. The highest BCUT2D eigenvalue weighted by molar-refractivity contribution is 7.14. The fourth-order valence-corrected chi connectivity index (χ4v) is 3.30. The maximum absolute atomic E-state index is 13.9. The van der Waals surface area contributed by atoms with Crippen LogP contribution in [0.3, 0.4) is 0 Å². The van der Waals surface area contributed by atoms with Gasteiger partial charge in [-0.15, -0.1) is 11.3 Å². The number of benzene rings is 1. The van der Waals surface area contributed by atoms with Crippen LogP contribution in [0, 0.1) is 12.7 Å². The van der Waals surface area contributed by atoms with E-state index in [1.54, 1.807) is 24.3 Å². The van der Waals surface area contributed by atoms with E-state index in [1.165, 1.54) is 0 Å². The van der Waals surface area contributed by atoms with Crippen LogP contribution in [-0.2, 0) is 4.74 Å². The van der Waals surface area contributed by atoms with Crippen molar-refractivity contribution in [2.75, 3.05) is 31.2 Å². The summed E-state index contributed by atoms with van der Waals surface area (Å²) < 4.78 is 19.2. The number of rotatable bonds is 2. The highest BCUT2D eigenvalue weighted by atomic mass is 35.5. The molecule has 0 spiro atoms. The van der Waals surface area contributed by atoms with Crippen LogP contribution in [0.5, 0.6) is 0 Å². The average Bonchev–Trinajstić information content (AvgIpc) is 2.95. The van der Waals surface area contributed by atoms with Crippen LogP contribution < -0.4 is 4.90 Å². The molecule has 106 valence electrons. The van der Waals surface area contributed by atoms with Crippen molar-refractivity contribution in [2.45, 2.75) is 6.92 Å². The van der Waals surface area contributed by atoms with E-state index in [0.29, 0.717) is 5.56 Å². The van der Waals surface area contributed by atoms with Crippen LogP contribution in [0.15, 0.2) is 17.5 Å². The number of nitrogens with zero attached hydrogens (tertiary/aromatic N) is 2. The summed E-state index contributed by atoms with van der Waals surface area (Å²) in [6, 6.07) is 3.39. The van der Waals surface area contributed by atoms with Gasteiger partial charge in [-0.3, -0.25) is 0 Å². The first-order valence-electron chi connectivity index (χ1n) is 6.40. The van der Waals surface area contributed by atoms with Crippen LogP contribution in [0.25, 0.3) is 11.3 Å². The molecule has 6 heteroatoms. The zero-order valence-electron chi connectivity index (χ0n) is 11.0. The van der Waals surface area contributed by atoms with Gasteiger partial charge in [-0.2, -0.15) is 0 Å². The Morgan fingerprint density at radius 1 is 1.35 bits per heavy atom. The van der Waals surface area contributed by atoms with E-state index in [-0.39, 0.29) is 10.8 Å². The molecule has 0 radical (unpaired) electrons. The molecule has 0 aliphatic carbocycles. The van der Waals surface area contributed by atoms with Crippen LogP contribution >= 0.6 is 22.9 Å². The molecular formula is C14H14ClFN2OS. The lowest BCUT2D eigenvalue weighted by atomic mass is 10.1. The molecule has 1 aromatic carbocycles. The largest absolute Gasteiger partial charge is 0.378 e. The number of ether oxygens (including phenoxy) is 1. The molecule has 0 saturated carbocycles. The van der Waals surface area contributed by atoms with Gasteiger partial charge < -0.3 is 9.64 Å². The number of morpholine rings is 1. The highest BCUT2D eigenvalue weighted by Gasteiger charge is 2.17. The Labute approximate surface area is 126 Å². The third-order valence-corrected chi connectivity index (χ3v) is 4.58. The van der Waals surface area contributed by atoms with Gasteiger partial charge >= 0.3 is 0 Å². The zero-order valence-corrected chi connectivity index (χ0v) is 12.6. The molecular weight excluding hydrogens is 299 g/mol. The summed E-state index contributed by atoms with van der Waals surface area (Å²) in [5, 5.41) is 3.06. The van der Waals surface area contributed by atoms with Gasteiger partial charge in [0.25, 0.3) is 0 Å². The number of aromatic nitrogens is 1. The fourth-order valence-electron chi connectivity index (χ4n) is 2.22. The fraction of sp³-hybridized carbons (Fsp3) is 0.357. The Morgan fingerprint density at radius 2 is 2.10 bits per heavy atom. The summed E-state index contributed by atoms with van der Waals surface area (Å²) in [7, 11) is 0. The summed E-state index contributed by atoms with van der Waals surface area (Å²) in [5.41, 5.74) is 2.13. The van der Waals surface area contributed by atoms with Crippen LogP contribution in [-0.4, -0.2) is 31.3 Å². The molecule has 0 amide bonds. The molecule has 20 heavy (non-hydrogen) atoms. The van der Waals surface area contributed by atoms with Crippen molar-refractivity contribution in [3.8, 4) is 11.3 Å². The molecule has 1 aromatic heterocycles. The normalized spacial score (nSPS) is 15.7. The lowest BCUT2D eigenvalue weighted by molar-refractivity contribution is 0.122. The zero-order chi connectivity index (χ0) is 14.1. The second-order valence-electron chi connectivity index (χ2n) is 4.65. The molecule has 0 bridgehead atoms. The topological polar surface area (TPSA) is 25.4 Å². The monoisotopic (exact) mass is 312 g/mol. The maximum atomic E-state index is 13.9. The van der Waals surface area contributed by atoms with E-state index in [2.05, 4.69) is 9.88 Å². The molecule has 3 rings (SSSR count). The van der Waals surface area contributed by atoms with Gasteiger partial charge in [-0.05, 0) is 18.6 Å². The first-order chi connectivity index (χ1) is 9.66. The Morgan fingerprint density at radius 3 is 2.85 bits per heavy atom. The molecule has 1 saturated heterocycles. The van der Waals surface area contributed by atoms with Gasteiger partial charge in [0.15, 0.2) is 5.13 Å². The Balaban J connectivity index is 1.92. The summed E-state index contributed by atoms with van der Waals surface area (Å²) in [6.07, 6.45) is 0. The van der Waals surface area contributed by atoms with E-state index in [4.69, 9.17) is 16.3 Å². The van der Waals surface area contributed by atoms with Gasteiger partial charge in [-0.1, -0.05) is 17.7 Å². The van der Waals surface area contributed by atoms with Gasteiger partial charge in [0.1, 0.15) is 5.82 Å². The smallest absolute Gasteiger partial charge is 0.186 e. The number of hydrogen-bond donors (Lipinski definition) is 0. The summed E-state index contributed by atoms with van der Waals surface area (Å²) in [4.78, 5) is 6.81. The number of thiazole rings is 1. The molecule has 0 N–H and O–H groups in total. The second kappa shape index (κ2) is 5.68. The van der Waals surface area contributed by atoms with Crippen LogP contribution in [0.2, 0.25) is 5.02 Å². The van der Waals surface area contributed by atoms with Gasteiger partial charge in [0, 0.05) is 24.0 Å². The van der Waals surface area contributed by atoms with Crippen molar-refractivity contribution in [1.82, 2.24) is 4.98 Å². The first kappa shape index (κ1) is 13.8. The standard InChI is InChI=1S/C14H14ClFN2OS/c1-9-10(2-3-11(15)13(9)16)12-8-20-14(17-12)18-4-6-19-7-5-18/h2-3,8H,4-7H2,1H3. The number of halogens is 2. The third kappa shape index (κ3) is 2.53. The van der Waals surface area contributed by atoms with Crippen molar-refractivity contribution in [1.29, 1.82) is 0 Å². The van der Waals surface area contributed by atoms with Gasteiger partial charge in [0.05, 0.1) is 23.9 Å². The minimum atomic E-state index is -0.370. The maximum Gasteiger partial charge on any atom is 0.186 e. The predicted molar refractivity (Wildman–Crippen MR) is 80.3 cm³/mol. The number of anilines is 1. The van der Waals surface area contributed by atoms with Crippen molar-refractivity contribution in [3.63, 3.8) is 0 Å². The average molecular weight is 313 g/mol. The number of hydrogen-bond acceptors (Lipinski definition) is 4. The van der Waals surface area contributed by atoms with Crippen molar-refractivity contribution in [2.24, 2.45) is 0 Å². The lowest BCUT2D eigenvalue weighted by Crippen LogP contribution is -2.36. The molecule has 0 unspecified atom stereocenters. The van der Waals surface area contributed by atoms with Gasteiger partial charge in [0.2, 0.25) is 0 Å². The molecule has 1 aliphatic rings. The molecule has 2 heterocycles. The van der Waals surface area contributed by atoms with E-state index in [1.807, 2.05) is 11.4 Å². The minimum Gasteiger partial charge on any atom is -0.378 e. The van der Waals surface area contributed by atoms with Crippen molar-refractivity contribution in [3.05, 3.63) is 33.9 Å². The van der Waals surface area contributed by atoms with Crippen LogP contribution in [0.1, 0.15) is 5.56 Å². The first-order valence-corrected chi connectivity index (χ1v) is 7.66. The molecule has 1 fully saturated rings. The highest BCUT2D eigenvalue weighted by Crippen LogP contribution is 2.32. The van der Waals surface area contributed by atoms with E-state index >= 15 is 0 Å². The lowest BCUT2D eigenvalue weighted by Gasteiger charge is -2.26. The Hall–Kier alpha value is -1.17. The molecule has 2 aromatic rings. The predicted octanol–water partition coefficient (Wildman–Crippen LogP) is 3.75. The Kier molecular flexibility index (Phi) is 3.92. The summed E-state index contributed by atoms with van der Waals surface area (Å²) >= 11 is 7.36. The van der Waals surface area contributed by atoms with E-state index < -0.39 is 0 Å². The van der Waals surface area contributed by atoms with Gasteiger partial charge in [-0.25, -0.2) is 9.37 Å². The quantitative estimate of drug-likeness (QED) is 0.844. The van der Waals surface area contributed by atoms with Crippen molar-refractivity contribution < 1.29 is 9.13 Å². The Bertz CT molecular complexity index is 626.